The molecule has 0 aliphatic heterocycles. The zero-order chi connectivity index (χ0) is 13.2. The van der Waals surface area contributed by atoms with Crippen LogP contribution in [0.5, 0.6) is 5.75 Å². The lowest BCUT2D eigenvalue weighted by atomic mass is 10.2. The number of carbonyl (C=O) groups excluding carboxylic acids is 1. The highest BCUT2D eigenvalue weighted by Gasteiger charge is 1.97. The van der Waals surface area contributed by atoms with E-state index >= 15 is 0 Å². The van der Waals surface area contributed by atoms with Gasteiger partial charge in [0.25, 0.3) is 0 Å². The second-order valence-corrected chi connectivity index (χ2v) is 4.05. The fraction of sp³-hybridized carbons (Fsp3) is 0.500. The van der Waals surface area contributed by atoms with E-state index in [-0.39, 0.29) is 5.91 Å². The van der Waals surface area contributed by atoms with Crippen LogP contribution in [0.25, 0.3) is 0 Å². The number of aryl methyl sites for hydroxylation is 1. The SMILES string of the molecule is CNC(=O)CCCOCCOc1ccc(C)cc1. The van der Waals surface area contributed by atoms with Crippen molar-refractivity contribution in [3.8, 4) is 5.75 Å². The molecule has 0 spiro atoms. The van der Waals surface area contributed by atoms with E-state index in [0.717, 1.165) is 12.2 Å². The highest BCUT2D eigenvalue weighted by Crippen LogP contribution is 2.10. The Bertz CT molecular complexity index is 349. The molecule has 0 aliphatic rings. The van der Waals surface area contributed by atoms with Crippen molar-refractivity contribution < 1.29 is 14.3 Å². The second kappa shape index (κ2) is 8.53. The third-order valence-corrected chi connectivity index (χ3v) is 2.49. The van der Waals surface area contributed by atoms with Crippen molar-refractivity contribution >= 4 is 5.91 Å². The summed E-state index contributed by atoms with van der Waals surface area (Å²) in [5.74, 6) is 0.907. The van der Waals surface area contributed by atoms with Gasteiger partial charge in [0.15, 0.2) is 0 Å². The predicted molar refractivity (Wildman–Crippen MR) is 70.8 cm³/mol. The van der Waals surface area contributed by atoms with Crippen LogP contribution in [-0.4, -0.2) is 32.8 Å². The van der Waals surface area contributed by atoms with E-state index in [0.29, 0.717) is 26.2 Å². The van der Waals surface area contributed by atoms with Gasteiger partial charge in [-0.05, 0) is 25.5 Å². The molecule has 0 aromatic heterocycles. The van der Waals surface area contributed by atoms with E-state index < -0.39 is 0 Å². The van der Waals surface area contributed by atoms with Crippen LogP contribution in [0.2, 0.25) is 0 Å². The highest BCUT2D eigenvalue weighted by atomic mass is 16.5. The first kappa shape index (κ1) is 14.5. The van der Waals surface area contributed by atoms with E-state index in [1.54, 1.807) is 7.05 Å². The summed E-state index contributed by atoms with van der Waals surface area (Å²) in [6.45, 7) is 3.70. The molecule has 0 atom stereocenters. The summed E-state index contributed by atoms with van der Waals surface area (Å²) in [5.41, 5.74) is 1.22. The average Bonchev–Trinajstić information content (AvgIpc) is 2.39. The van der Waals surface area contributed by atoms with Gasteiger partial charge >= 0.3 is 0 Å². The quantitative estimate of drug-likeness (QED) is 0.718. The van der Waals surface area contributed by atoms with Crippen LogP contribution in [-0.2, 0) is 9.53 Å². The molecule has 4 nitrogen and oxygen atoms in total. The Balaban J connectivity index is 1.99. The summed E-state index contributed by atoms with van der Waals surface area (Å²) in [7, 11) is 1.64. The topological polar surface area (TPSA) is 47.6 Å². The minimum atomic E-state index is 0.0505. The van der Waals surface area contributed by atoms with E-state index in [4.69, 9.17) is 9.47 Å². The number of carbonyl (C=O) groups is 1. The van der Waals surface area contributed by atoms with Crippen molar-refractivity contribution in [2.24, 2.45) is 0 Å². The second-order valence-electron chi connectivity index (χ2n) is 4.05. The fourth-order valence-electron chi connectivity index (χ4n) is 1.41. The number of hydrogen-bond donors (Lipinski definition) is 1. The Kier molecular flexibility index (Phi) is 6.87. The highest BCUT2D eigenvalue weighted by molar-refractivity contribution is 5.75. The van der Waals surface area contributed by atoms with Crippen LogP contribution in [0.4, 0.5) is 0 Å². The van der Waals surface area contributed by atoms with Gasteiger partial charge in [0, 0.05) is 20.1 Å². The molecule has 100 valence electrons. The Morgan fingerprint density at radius 3 is 2.56 bits per heavy atom. The van der Waals surface area contributed by atoms with Crippen LogP contribution < -0.4 is 10.1 Å². The summed E-state index contributed by atoms with van der Waals surface area (Å²) in [6, 6.07) is 7.92. The summed E-state index contributed by atoms with van der Waals surface area (Å²) in [4.78, 5) is 10.9. The Morgan fingerprint density at radius 2 is 1.89 bits per heavy atom. The summed E-state index contributed by atoms with van der Waals surface area (Å²) >= 11 is 0. The van der Waals surface area contributed by atoms with E-state index in [1.807, 2.05) is 31.2 Å². The molecule has 0 bridgehead atoms. The van der Waals surface area contributed by atoms with Crippen LogP contribution in [0.15, 0.2) is 24.3 Å². The molecule has 0 saturated heterocycles. The van der Waals surface area contributed by atoms with Crippen molar-refractivity contribution in [3.63, 3.8) is 0 Å². The lowest BCUT2D eigenvalue weighted by Crippen LogP contribution is -2.18. The number of benzene rings is 1. The molecule has 1 amide bonds. The molecule has 0 aliphatic carbocycles. The monoisotopic (exact) mass is 251 g/mol. The summed E-state index contributed by atoms with van der Waals surface area (Å²) in [6.07, 6.45) is 1.25. The molecule has 0 heterocycles. The van der Waals surface area contributed by atoms with Gasteiger partial charge in [-0.15, -0.1) is 0 Å². The van der Waals surface area contributed by atoms with Crippen LogP contribution in [0.3, 0.4) is 0 Å². The van der Waals surface area contributed by atoms with Crippen molar-refractivity contribution in [1.29, 1.82) is 0 Å². The molecule has 1 N–H and O–H groups in total. The Morgan fingerprint density at radius 1 is 1.17 bits per heavy atom. The van der Waals surface area contributed by atoms with Crippen LogP contribution in [0.1, 0.15) is 18.4 Å². The first-order chi connectivity index (χ1) is 8.72. The van der Waals surface area contributed by atoms with Crippen molar-refractivity contribution in [2.75, 3.05) is 26.9 Å². The lowest BCUT2D eigenvalue weighted by molar-refractivity contribution is -0.120. The maximum absolute atomic E-state index is 10.9. The van der Waals surface area contributed by atoms with Gasteiger partial charge in [-0.3, -0.25) is 4.79 Å². The van der Waals surface area contributed by atoms with Crippen LogP contribution >= 0.6 is 0 Å². The zero-order valence-electron chi connectivity index (χ0n) is 11.1. The zero-order valence-corrected chi connectivity index (χ0v) is 11.1. The van der Waals surface area contributed by atoms with Crippen molar-refractivity contribution in [1.82, 2.24) is 5.32 Å². The first-order valence-corrected chi connectivity index (χ1v) is 6.20. The minimum absolute atomic E-state index is 0.0505. The van der Waals surface area contributed by atoms with Gasteiger partial charge in [0.2, 0.25) is 5.91 Å². The number of nitrogens with one attached hydrogen (secondary N) is 1. The maximum Gasteiger partial charge on any atom is 0.219 e. The van der Waals surface area contributed by atoms with Gasteiger partial charge in [-0.1, -0.05) is 17.7 Å². The standard InChI is InChI=1S/C14H21NO3/c1-12-5-7-13(8-6-12)18-11-10-17-9-3-4-14(16)15-2/h5-8H,3-4,9-11H2,1-2H3,(H,15,16). The molecule has 1 rings (SSSR count). The smallest absolute Gasteiger partial charge is 0.219 e. The third-order valence-electron chi connectivity index (χ3n) is 2.49. The molecule has 0 fully saturated rings. The lowest BCUT2D eigenvalue weighted by Gasteiger charge is -2.07. The minimum Gasteiger partial charge on any atom is -0.491 e. The van der Waals surface area contributed by atoms with Gasteiger partial charge in [0.1, 0.15) is 12.4 Å². The third kappa shape index (κ3) is 6.25. The van der Waals surface area contributed by atoms with Crippen molar-refractivity contribution in [2.45, 2.75) is 19.8 Å². The van der Waals surface area contributed by atoms with E-state index in [1.165, 1.54) is 5.56 Å². The number of hydrogen-bond acceptors (Lipinski definition) is 3. The number of ether oxygens (including phenoxy) is 2. The van der Waals surface area contributed by atoms with Gasteiger partial charge < -0.3 is 14.8 Å². The number of amides is 1. The average molecular weight is 251 g/mol. The Hall–Kier alpha value is -1.55. The molecule has 0 saturated carbocycles. The van der Waals surface area contributed by atoms with Gasteiger partial charge in [-0.25, -0.2) is 0 Å². The van der Waals surface area contributed by atoms with E-state index in [2.05, 4.69) is 5.32 Å². The number of rotatable bonds is 8. The molecule has 0 radical (unpaired) electrons. The molecule has 0 unspecified atom stereocenters. The van der Waals surface area contributed by atoms with Crippen molar-refractivity contribution in [3.05, 3.63) is 29.8 Å². The maximum atomic E-state index is 10.9. The predicted octanol–water partition coefficient (Wildman–Crippen LogP) is 1.92. The van der Waals surface area contributed by atoms with E-state index in [9.17, 15) is 4.79 Å². The molecule has 18 heavy (non-hydrogen) atoms. The summed E-state index contributed by atoms with van der Waals surface area (Å²) in [5, 5.41) is 2.57. The molecule has 1 aromatic rings. The van der Waals surface area contributed by atoms with Gasteiger partial charge in [-0.2, -0.15) is 0 Å². The largest absolute Gasteiger partial charge is 0.491 e. The first-order valence-electron chi connectivity index (χ1n) is 6.20. The Labute approximate surface area is 108 Å². The molecule has 4 heteroatoms. The molecule has 1 aromatic carbocycles. The summed E-state index contributed by atoms with van der Waals surface area (Å²) < 4.78 is 10.9. The molecular formula is C14H21NO3. The molecular weight excluding hydrogens is 230 g/mol. The van der Waals surface area contributed by atoms with Gasteiger partial charge in [0.05, 0.1) is 6.61 Å². The van der Waals surface area contributed by atoms with Crippen LogP contribution in [0, 0.1) is 6.92 Å². The normalized spacial score (nSPS) is 10.1. The fourth-order valence-corrected chi connectivity index (χ4v) is 1.41.